The number of nitrogens with zero attached hydrogens (tertiary/aromatic N) is 5. The van der Waals surface area contributed by atoms with Crippen molar-refractivity contribution in [1.29, 1.82) is 0 Å². The summed E-state index contributed by atoms with van der Waals surface area (Å²) in [7, 11) is 0. The Morgan fingerprint density at radius 3 is 2.91 bits per heavy atom. The molecule has 2 aromatic heterocycles. The van der Waals surface area contributed by atoms with Gasteiger partial charge in [-0.2, -0.15) is 0 Å². The summed E-state index contributed by atoms with van der Waals surface area (Å²) in [5, 5.41) is 7.65. The number of hydrogen-bond acceptors (Lipinski definition) is 6. The number of fused-ring (bicyclic) bond motifs is 1. The van der Waals surface area contributed by atoms with E-state index in [4.69, 9.17) is 4.74 Å². The van der Waals surface area contributed by atoms with E-state index >= 15 is 0 Å². The third-order valence-corrected chi connectivity index (χ3v) is 6.12. The number of amides is 1. The van der Waals surface area contributed by atoms with Gasteiger partial charge in [0, 0.05) is 18.5 Å². The highest BCUT2D eigenvalue weighted by Gasteiger charge is 2.47. The molecule has 1 aliphatic rings. The molecule has 1 saturated heterocycles. The summed E-state index contributed by atoms with van der Waals surface area (Å²) in [5.41, 5.74) is 1.44. The van der Waals surface area contributed by atoms with Crippen LogP contribution in [-0.2, 0) is 0 Å². The number of thiazole rings is 1. The first-order valence-corrected chi connectivity index (χ1v) is 10.6. The van der Waals surface area contributed by atoms with Gasteiger partial charge in [-0.25, -0.2) is 22.8 Å². The van der Waals surface area contributed by atoms with Crippen LogP contribution in [0.2, 0.25) is 0 Å². The van der Waals surface area contributed by atoms with Crippen molar-refractivity contribution in [3.05, 3.63) is 66.2 Å². The van der Waals surface area contributed by atoms with E-state index in [0.717, 1.165) is 11.3 Å². The second-order valence-corrected chi connectivity index (χ2v) is 8.35. The third kappa shape index (κ3) is 3.91. The quantitative estimate of drug-likeness (QED) is 0.462. The van der Waals surface area contributed by atoms with Gasteiger partial charge in [0.25, 0.3) is 17.0 Å². The topological polar surface area (TPSA) is 73.1 Å². The number of benzene rings is 2. The number of ether oxygens (including phenoxy) is 1. The average Bonchev–Trinajstić information content (AvgIpc) is 3.44. The first-order valence-electron chi connectivity index (χ1n) is 9.76. The summed E-state index contributed by atoms with van der Waals surface area (Å²) in [5.74, 6) is -3.97. The first kappa shape index (κ1) is 20.4. The highest BCUT2D eigenvalue weighted by Crippen LogP contribution is 2.35. The lowest BCUT2D eigenvalue weighted by atomic mass is 10.0. The molecule has 5 rings (SSSR count). The van der Waals surface area contributed by atoms with Crippen LogP contribution < -0.4 is 4.74 Å². The lowest BCUT2D eigenvalue weighted by Gasteiger charge is -2.37. The molecule has 1 amide bonds. The van der Waals surface area contributed by atoms with Gasteiger partial charge in [0.2, 0.25) is 0 Å². The highest BCUT2D eigenvalue weighted by molar-refractivity contribution is 7.20. The Kier molecular flexibility index (Phi) is 5.04. The summed E-state index contributed by atoms with van der Waals surface area (Å²) >= 11 is 0.987. The molecule has 2 aromatic carbocycles. The zero-order valence-corrected chi connectivity index (χ0v) is 17.3. The molecule has 0 N–H and O–H groups in total. The van der Waals surface area contributed by atoms with Crippen LogP contribution in [0.25, 0.3) is 15.9 Å². The summed E-state index contributed by atoms with van der Waals surface area (Å²) in [6, 6.07) is 10.7. The molecule has 4 aromatic rings. The van der Waals surface area contributed by atoms with Crippen LogP contribution in [0.4, 0.5) is 13.2 Å². The molecule has 3 heterocycles. The van der Waals surface area contributed by atoms with Gasteiger partial charge in [0.15, 0.2) is 6.10 Å². The van der Waals surface area contributed by atoms with Crippen molar-refractivity contribution in [2.45, 2.75) is 18.4 Å². The fourth-order valence-electron chi connectivity index (χ4n) is 3.54. The van der Waals surface area contributed by atoms with Gasteiger partial charge in [0.05, 0.1) is 34.8 Å². The number of carbonyl (C=O) groups excluding carboxylic acids is 1. The maximum Gasteiger partial charge on any atom is 0.287 e. The van der Waals surface area contributed by atoms with E-state index in [0.29, 0.717) is 21.5 Å². The van der Waals surface area contributed by atoms with Crippen molar-refractivity contribution >= 4 is 27.5 Å². The Labute approximate surface area is 184 Å². The van der Waals surface area contributed by atoms with Crippen LogP contribution in [-0.4, -0.2) is 55.9 Å². The highest BCUT2D eigenvalue weighted by atomic mass is 32.1. The summed E-state index contributed by atoms with van der Waals surface area (Å²) in [6.07, 6.45) is 1.05. The number of aromatic nitrogens is 4. The molecular formula is C21H16F3N5O2S. The predicted octanol–water partition coefficient (Wildman–Crippen LogP) is 3.94. The Hall–Kier alpha value is -3.47. The number of likely N-dealkylation sites (tertiary alicyclic amines) is 1. The zero-order chi connectivity index (χ0) is 22.3. The minimum Gasteiger partial charge on any atom is -0.458 e. The predicted molar refractivity (Wildman–Crippen MR) is 111 cm³/mol. The first-order chi connectivity index (χ1) is 15.4. The number of carbonyl (C=O) groups is 1. The fraction of sp³-hybridized carbons (Fsp3) is 0.238. The summed E-state index contributed by atoms with van der Waals surface area (Å²) in [4.78, 5) is 18.5. The molecule has 32 heavy (non-hydrogen) atoms. The summed E-state index contributed by atoms with van der Waals surface area (Å²) in [6.45, 7) is -0.409. The van der Waals surface area contributed by atoms with E-state index < -0.39 is 24.3 Å². The number of alkyl halides is 2. The maximum absolute atomic E-state index is 14.6. The van der Waals surface area contributed by atoms with Crippen molar-refractivity contribution in [3.8, 4) is 10.9 Å². The molecule has 0 saturated carbocycles. The van der Waals surface area contributed by atoms with Crippen LogP contribution in [0.1, 0.15) is 16.8 Å². The van der Waals surface area contributed by atoms with Crippen molar-refractivity contribution in [2.24, 2.45) is 0 Å². The van der Waals surface area contributed by atoms with E-state index in [1.54, 1.807) is 30.5 Å². The fourth-order valence-corrected chi connectivity index (χ4v) is 4.42. The molecule has 1 aliphatic heterocycles. The van der Waals surface area contributed by atoms with Gasteiger partial charge in [-0.1, -0.05) is 22.6 Å². The van der Waals surface area contributed by atoms with E-state index in [2.05, 4.69) is 15.3 Å². The van der Waals surface area contributed by atoms with E-state index in [9.17, 15) is 18.0 Å². The van der Waals surface area contributed by atoms with Crippen LogP contribution >= 0.6 is 11.3 Å². The Balaban J connectivity index is 1.36. The molecule has 11 heteroatoms. The van der Waals surface area contributed by atoms with Crippen molar-refractivity contribution in [1.82, 2.24) is 24.9 Å². The normalized spacial score (nSPS) is 18.1. The van der Waals surface area contributed by atoms with Crippen LogP contribution in [0.5, 0.6) is 5.19 Å². The van der Waals surface area contributed by atoms with Crippen LogP contribution in [0.3, 0.4) is 0 Å². The van der Waals surface area contributed by atoms with Crippen LogP contribution in [0, 0.1) is 5.82 Å². The number of hydrogen-bond donors (Lipinski definition) is 0. The molecule has 1 atom stereocenters. The SMILES string of the molecule is O=C(c1cccc(-n2ccnn2)c1)N1CCC(F)(F)C(Oc2nc3ccc(F)cc3s2)C1. The molecule has 1 fully saturated rings. The van der Waals surface area contributed by atoms with Crippen LogP contribution in [0.15, 0.2) is 54.9 Å². The zero-order valence-electron chi connectivity index (χ0n) is 16.5. The molecule has 1 unspecified atom stereocenters. The smallest absolute Gasteiger partial charge is 0.287 e. The molecule has 0 spiro atoms. The van der Waals surface area contributed by atoms with Crippen molar-refractivity contribution in [2.75, 3.05) is 13.1 Å². The second-order valence-electron chi connectivity index (χ2n) is 7.36. The largest absolute Gasteiger partial charge is 0.458 e. The Morgan fingerprint density at radius 2 is 2.09 bits per heavy atom. The Morgan fingerprint density at radius 1 is 1.22 bits per heavy atom. The minimum atomic E-state index is -3.14. The number of piperidine rings is 1. The van der Waals surface area contributed by atoms with Gasteiger partial charge >= 0.3 is 0 Å². The number of halogens is 3. The molecule has 164 valence electrons. The van der Waals surface area contributed by atoms with E-state index in [1.165, 1.54) is 34.0 Å². The lowest BCUT2D eigenvalue weighted by Crippen LogP contribution is -2.55. The van der Waals surface area contributed by atoms with Gasteiger partial charge in [-0.15, -0.1) is 5.10 Å². The average molecular weight is 459 g/mol. The standard InChI is InChI=1S/C21H16F3N5O2S/c22-14-4-5-16-17(11-14)32-20(26-16)31-18-12-28(8-6-21(18,23)24)19(30)13-2-1-3-15(10-13)29-9-7-25-27-29/h1-5,7,9-11,18H,6,8,12H2. The van der Waals surface area contributed by atoms with Gasteiger partial charge in [-0.3, -0.25) is 4.79 Å². The monoisotopic (exact) mass is 459 g/mol. The van der Waals surface area contributed by atoms with E-state index in [1.807, 2.05) is 0 Å². The third-order valence-electron chi connectivity index (χ3n) is 5.21. The maximum atomic E-state index is 14.6. The van der Waals surface area contributed by atoms with E-state index in [-0.39, 0.29) is 24.2 Å². The second kappa shape index (κ2) is 7.90. The van der Waals surface area contributed by atoms with Crippen molar-refractivity contribution in [3.63, 3.8) is 0 Å². The Bertz CT molecular complexity index is 1280. The van der Waals surface area contributed by atoms with Gasteiger partial charge < -0.3 is 9.64 Å². The van der Waals surface area contributed by atoms with Gasteiger partial charge in [0.1, 0.15) is 5.82 Å². The molecule has 0 aliphatic carbocycles. The molecule has 7 nitrogen and oxygen atoms in total. The molecule has 0 radical (unpaired) electrons. The summed E-state index contributed by atoms with van der Waals surface area (Å²) < 4.78 is 50.1. The lowest BCUT2D eigenvalue weighted by molar-refractivity contribution is -0.130. The minimum absolute atomic E-state index is 0.0118. The van der Waals surface area contributed by atoms with Crippen molar-refractivity contribution < 1.29 is 22.7 Å². The molecular weight excluding hydrogens is 443 g/mol. The molecule has 0 bridgehead atoms. The number of rotatable bonds is 4. The van der Waals surface area contributed by atoms with Gasteiger partial charge in [-0.05, 0) is 36.4 Å².